The van der Waals surface area contributed by atoms with Crippen molar-refractivity contribution in [2.45, 2.75) is 32.6 Å². The maximum Gasteiger partial charge on any atom is 0.234 e. The summed E-state index contributed by atoms with van der Waals surface area (Å²) >= 11 is 0. The number of nitrogens with two attached hydrogens (primary N) is 1. The zero-order valence-electron chi connectivity index (χ0n) is 8.45. The van der Waals surface area contributed by atoms with Gasteiger partial charge in [0.2, 0.25) is 15.9 Å². The minimum Gasteiger partial charge on any atom is -0.330 e. The highest BCUT2D eigenvalue weighted by atomic mass is 32.2. The summed E-state index contributed by atoms with van der Waals surface area (Å²) in [6, 6.07) is 0. The molecule has 84 valence electrons. The van der Waals surface area contributed by atoms with Crippen molar-refractivity contribution in [1.82, 2.24) is 4.72 Å². The van der Waals surface area contributed by atoms with Gasteiger partial charge in [-0.1, -0.05) is 6.92 Å². The van der Waals surface area contributed by atoms with Crippen LogP contribution in [-0.4, -0.2) is 26.6 Å². The second-order valence-electron chi connectivity index (χ2n) is 3.09. The molecule has 0 bridgehead atoms. The lowest BCUT2D eigenvalue weighted by atomic mass is 10.2. The van der Waals surface area contributed by atoms with Crippen LogP contribution in [0.15, 0.2) is 0 Å². The molecule has 0 aromatic heterocycles. The number of nitrogens with one attached hydrogen (secondary N) is 1. The molecule has 0 aromatic carbocycles. The van der Waals surface area contributed by atoms with Gasteiger partial charge in [-0.05, 0) is 25.8 Å². The van der Waals surface area contributed by atoms with Crippen LogP contribution < -0.4 is 10.5 Å². The molecule has 0 aromatic rings. The highest BCUT2D eigenvalue weighted by Gasteiger charge is 2.12. The Bertz CT molecular complexity index is 262. The van der Waals surface area contributed by atoms with E-state index in [0.717, 1.165) is 6.42 Å². The highest BCUT2D eigenvalue weighted by Crippen LogP contribution is 1.95. The van der Waals surface area contributed by atoms with Crippen molar-refractivity contribution >= 4 is 15.9 Å². The second kappa shape index (κ2) is 6.78. The van der Waals surface area contributed by atoms with E-state index in [0.29, 0.717) is 19.4 Å². The first-order valence-electron chi connectivity index (χ1n) is 4.75. The third kappa shape index (κ3) is 6.85. The minimum absolute atomic E-state index is 0.00434. The molecule has 1 amide bonds. The third-order valence-corrected chi connectivity index (χ3v) is 3.08. The maximum absolute atomic E-state index is 11.1. The van der Waals surface area contributed by atoms with Crippen molar-refractivity contribution in [2.75, 3.05) is 12.3 Å². The van der Waals surface area contributed by atoms with Crippen LogP contribution in [0.4, 0.5) is 0 Å². The van der Waals surface area contributed by atoms with Crippen molar-refractivity contribution in [3.8, 4) is 0 Å². The molecule has 0 saturated heterocycles. The van der Waals surface area contributed by atoms with E-state index in [1.807, 2.05) is 4.72 Å². The van der Waals surface area contributed by atoms with Gasteiger partial charge in [0.05, 0.1) is 5.75 Å². The molecule has 0 radical (unpaired) electrons. The molecule has 3 N–H and O–H groups in total. The fourth-order valence-corrected chi connectivity index (χ4v) is 2.06. The minimum atomic E-state index is -3.40. The summed E-state index contributed by atoms with van der Waals surface area (Å²) < 4.78 is 24.2. The summed E-state index contributed by atoms with van der Waals surface area (Å²) in [6.07, 6.45) is 2.09. The SMILES string of the molecule is CCCS(=O)(=O)NC(=O)CCCCN. The smallest absolute Gasteiger partial charge is 0.234 e. The average Bonchev–Trinajstić information content (AvgIpc) is 2.03. The van der Waals surface area contributed by atoms with Crippen LogP contribution >= 0.6 is 0 Å². The van der Waals surface area contributed by atoms with E-state index in [1.165, 1.54) is 0 Å². The molecule has 0 unspecified atom stereocenters. The topological polar surface area (TPSA) is 89.3 Å². The first-order chi connectivity index (χ1) is 6.52. The number of hydrogen-bond donors (Lipinski definition) is 2. The molecule has 6 heteroatoms. The van der Waals surface area contributed by atoms with Gasteiger partial charge in [0, 0.05) is 6.42 Å². The number of amides is 1. The number of hydrogen-bond acceptors (Lipinski definition) is 4. The predicted molar refractivity (Wildman–Crippen MR) is 55.1 cm³/mol. The second-order valence-corrected chi connectivity index (χ2v) is 4.93. The van der Waals surface area contributed by atoms with Gasteiger partial charge in [-0.25, -0.2) is 8.42 Å². The van der Waals surface area contributed by atoms with Gasteiger partial charge < -0.3 is 5.73 Å². The van der Waals surface area contributed by atoms with E-state index in [1.54, 1.807) is 6.92 Å². The Morgan fingerprint density at radius 2 is 2.00 bits per heavy atom. The van der Waals surface area contributed by atoms with Gasteiger partial charge in [-0.15, -0.1) is 0 Å². The summed E-state index contributed by atoms with van der Waals surface area (Å²) in [4.78, 5) is 11.1. The zero-order valence-corrected chi connectivity index (χ0v) is 9.27. The predicted octanol–water partition coefficient (Wildman–Crippen LogP) is -0.0286. The van der Waals surface area contributed by atoms with Gasteiger partial charge in [0.15, 0.2) is 0 Å². The van der Waals surface area contributed by atoms with E-state index in [4.69, 9.17) is 5.73 Å². The highest BCUT2D eigenvalue weighted by molar-refractivity contribution is 7.90. The number of rotatable bonds is 7. The summed E-state index contributed by atoms with van der Waals surface area (Å²) in [5, 5.41) is 0. The third-order valence-electron chi connectivity index (χ3n) is 1.60. The zero-order chi connectivity index (χ0) is 11.0. The monoisotopic (exact) mass is 222 g/mol. The molecule has 0 aliphatic carbocycles. The standard InChI is InChI=1S/C8H18N2O3S/c1-2-7-14(12,13)10-8(11)5-3-4-6-9/h2-7,9H2,1H3,(H,10,11). The molecule has 0 fully saturated rings. The largest absolute Gasteiger partial charge is 0.330 e. The maximum atomic E-state index is 11.1. The number of carbonyl (C=O) groups is 1. The molecule has 14 heavy (non-hydrogen) atoms. The molecule has 0 aliphatic rings. The average molecular weight is 222 g/mol. The van der Waals surface area contributed by atoms with Crippen molar-refractivity contribution in [1.29, 1.82) is 0 Å². The Kier molecular flexibility index (Phi) is 6.48. The first-order valence-corrected chi connectivity index (χ1v) is 6.40. The van der Waals surface area contributed by atoms with Gasteiger partial charge in [0.25, 0.3) is 0 Å². The Morgan fingerprint density at radius 1 is 1.36 bits per heavy atom. The van der Waals surface area contributed by atoms with Gasteiger partial charge >= 0.3 is 0 Å². The fraction of sp³-hybridized carbons (Fsp3) is 0.875. The first kappa shape index (κ1) is 13.4. The van der Waals surface area contributed by atoms with Crippen molar-refractivity contribution in [2.24, 2.45) is 5.73 Å². The van der Waals surface area contributed by atoms with Gasteiger partial charge in [0.1, 0.15) is 0 Å². The van der Waals surface area contributed by atoms with E-state index in [-0.39, 0.29) is 12.2 Å². The Labute approximate surface area is 85.1 Å². The van der Waals surface area contributed by atoms with Gasteiger partial charge in [-0.2, -0.15) is 0 Å². The van der Waals surface area contributed by atoms with Crippen LogP contribution in [0.1, 0.15) is 32.6 Å². The lowest BCUT2D eigenvalue weighted by Gasteiger charge is -2.04. The van der Waals surface area contributed by atoms with Crippen LogP contribution in [0.2, 0.25) is 0 Å². The van der Waals surface area contributed by atoms with Crippen LogP contribution in [0, 0.1) is 0 Å². The molecule has 5 nitrogen and oxygen atoms in total. The lowest BCUT2D eigenvalue weighted by Crippen LogP contribution is -2.32. The van der Waals surface area contributed by atoms with Gasteiger partial charge in [-0.3, -0.25) is 9.52 Å². The Hall–Kier alpha value is -0.620. The summed E-state index contributed by atoms with van der Waals surface area (Å²) in [6.45, 7) is 2.27. The van der Waals surface area contributed by atoms with Crippen molar-refractivity contribution < 1.29 is 13.2 Å². The van der Waals surface area contributed by atoms with Crippen LogP contribution in [-0.2, 0) is 14.8 Å². The molecule has 0 saturated carbocycles. The number of carbonyl (C=O) groups excluding carboxylic acids is 1. The molecular weight excluding hydrogens is 204 g/mol. The summed E-state index contributed by atoms with van der Waals surface area (Å²) in [5.74, 6) is -0.442. The molecule has 0 aliphatic heterocycles. The van der Waals surface area contributed by atoms with E-state index < -0.39 is 15.9 Å². The van der Waals surface area contributed by atoms with E-state index in [2.05, 4.69) is 0 Å². The Morgan fingerprint density at radius 3 is 2.50 bits per heavy atom. The summed E-state index contributed by atoms with van der Waals surface area (Å²) in [7, 11) is -3.40. The van der Waals surface area contributed by atoms with Crippen LogP contribution in [0.3, 0.4) is 0 Å². The number of sulfonamides is 1. The molecule has 0 heterocycles. The van der Waals surface area contributed by atoms with Crippen LogP contribution in [0.25, 0.3) is 0 Å². The fourth-order valence-electron chi connectivity index (χ4n) is 0.974. The molecule has 0 spiro atoms. The normalized spacial score (nSPS) is 11.3. The molecule has 0 atom stereocenters. The van der Waals surface area contributed by atoms with Crippen LogP contribution in [0.5, 0.6) is 0 Å². The molecular formula is C8H18N2O3S. The number of unbranched alkanes of at least 4 members (excludes halogenated alkanes) is 1. The van der Waals surface area contributed by atoms with E-state index >= 15 is 0 Å². The van der Waals surface area contributed by atoms with Crippen molar-refractivity contribution in [3.05, 3.63) is 0 Å². The Balaban J connectivity index is 3.82. The van der Waals surface area contributed by atoms with Crippen molar-refractivity contribution in [3.63, 3.8) is 0 Å². The summed E-state index contributed by atoms with van der Waals surface area (Å²) in [5.41, 5.74) is 5.24. The lowest BCUT2D eigenvalue weighted by molar-refractivity contribution is -0.119. The van der Waals surface area contributed by atoms with E-state index in [9.17, 15) is 13.2 Å². The quantitative estimate of drug-likeness (QED) is 0.592. The molecule has 0 rings (SSSR count).